The first kappa shape index (κ1) is 17.6. The van der Waals surface area contributed by atoms with Crippen LogP contribution >= 0.6 is 0 Å². The lowest BCUT2D eigenvalue weighted by Gasteiger charge is -2.43. The van der Waals surface area contributed by atoms with E-state index in [1.165, 1.54) is 17.5 Å². The van der Waals surface area contributed by atoms with Gasteiger partial charge in [-0.3, -0.25) is 4.21 Å². The van der Waals surface area contributed by atoms with Gasteiger partial charge in [-0.2, -0.15) is 0 Å². The number of hydrogen-bond donors (Lipinski definition) is 0. The zero-order chi connectivity index (χ0) is 17.4. The molecule has 1 heterocycles. The second kappa shape index (κ2) is 6.28. The minimum Gasteiger partial charge on any atom is -0.379 e. The standard InChI is InChI=1S/C20H27NO2S/c1-18(2,3)24(22)15-19(13-23-14-19)17-8-6-16(7-9-17)12-20(21-4)10-5-11-20/h6-9H,5,10-15H2,1-3H3. The third kappa shape index (κ3) is 3.30. The average molecular weight is 346 g/mol. The predicted octanol–water partition coefficient (Wildman–Crippen LogP) is 3.89. The van der Waals surface area contributed by atoms with E-state index in [0.717, 1.165) is 19.3 Å². The summed E-state index contributed by atoms with van der Waals surface area (Å²) in [6.07, 6.45) is 4.09. The van der Waals surface area contributed by atoms with Crippen LogP contribution in [0.25, 0.3) is 4.85 Å². The molecule has 2 aliphatic rings. The summed E-state index contributed by atoms with van der Waals surface area (Å²) in [6.45, 7) is 14.8. The molecule has 1 saturated heterocycles. The number of rotatable bonds is 5. The Morgan fingerprint density at radius 2 is 1.83 bits per heavy atom. The summed E-state index contributed by atoms with van der Waals surface area (Å²) in [7, 11) is -0.891. The Morgan fingerprint density at radius 1 is 1.21 bits per heavy atom. The summed E-state index contributed by atoms with van der Waals surface area (Å²) in [6, 6.07) is 8.63. The van der Waals surface area contributed by atoms with E-state index in [1.807, 2.05) is 20.8 Å². The molecule has 1 aliphatic carbocycles. The lowest BCUT2D eigenvalue weighted by molar-refractivity contribution is -0.0478. The van der Waals surface area contributed by atoms with Gasteiger partial charge in [0.1, 0.15) is 0 Å². The average Bonchev–Trinajstić information content (AvgIpc) is 2.46. The van der Waals surface area contributed by atoms with Gasteiger partial charge in [-0.15, -0.1) is 0 Å². The molecule has 1 aromatic rings. The van der Waals surface area contributed by atoms with Crippen LogP contribution < -0.4 is 0 Å². The summed E-state index contributed by atoms with van der Waals surface area (Å²) in [5.74, 6) is 0.655. The van der Waals surface area contributed by atoms with E-state index in [1.54, 1.807) is 0 Å². The molecule has 1 saturated carbocycles. The molecule has 0 spiro atoms. The largest absolute Gasteiger partial charge is 0.379 e. The van der Waals surface area contributed by atoms with E-state index >= 15 is 0 Å². The van der Waals surface area contributed by atoms with Crippen molar-refractivity contribution in [3.8, 4) is 0 Å². The third-order valence-electron chi connectivity index (χ3n) is 5.47. The van der Waals surface area contributed by atoms with E-state index in [2.05, 4.69) is 29.1 Å². The van der Waals surface area contributed by atoms with Gasteiger partial charge in [0, 0.05) is 34.1 Å². The molecule has 0 bridgehead atoms. The zero-order valence-electron chi connectivity index (χ0n) is 14.9. The highest BCUT2D eigenvalue weighted by molar-refractivity contribution is 7.86. The van der Waals surface area contributed by atoms with Crippen LogP contribution in [0.3, 0.4) is 0 Å². The highest BCUT2D eigenvalue weighted by Gasteiger charge is 2.45. The molecule has 0 aromatic heterocycles. The van der Waals surface area contributed by atoms with Crippen molar-refractivity contribution in [1.29, 1.82) is 0 Å². The van der Waals surface area contributed by atoms with Crippen LogP contribution in [0.15, 0.2) is 24.3 Å². The predicted molar refractivity (Wildman–Crippen MR) is 98.6 cm³/mol. The molecule has 0 radical (unpaired) electrons. The fraction of sp³-hybridized carbons (Fsp3) is 0.650. The second-order valence-corrected chi connectivity index (χ2v) is 10.6. The van der Waals surface area contributed by atoms with Crippen molar-refractivity contribution in [2.75, 3.05) is 19.0 Å². The molecule has 0 amide bonds. The van der Waals surface area contributed by atoms with E-state index in [0.29, 0.717) is 19.0 Å². The van der Waals surface area contributed by atoms with Gasteiger partial charge in [0.2, 0.25) is 5.54 Å². The Kier molecular flexibility index (Phi) is 4.61. The normalized spacial score (nSPS) is 22.8. The molecule has 1 aromatic carbocycles. The maximum absolute atomic E-state index is 12.6. The fourth-order valence-electron chi connectivity index (χ4n) is 3.42. The van der Waals surface area contributed by atoms with Gasteiger partial charge in [-0.1, -0.05) is 24.3 Å². The molecular weight excluding hydrogens is 318 g/mol. The Bertz CT molecular complexity index is 658. The number of benzene rings is 1. The molecule has 24 heavy (non-hydrogen) atoms. The number of nitrogens with zero attached hydrogens (tertiary/aromatic N) is 1. The molecule has 0 N–H and O–H groups in total. The minimum atomic E-state index is -0.891. The fourth-order valence-corrected chi connectivity index (χ4v) is 4.69. The molecular formula is C20H27NO2S. The second-order valence-electron chi connectivity index (χ2n) is 8.44. The van der Waals surface area contributed by atoms with Gasteiger partial charge >= 0.3 is 0 Å². The first-order valence-corrected chi connectivity index (χ1v) is 10.0. The molecule has 1 unspecified atom stereocenters. The van der Waals surface area contributed by atoms with Gasteiger partial charge in [-0.05, 0) is 38.3 Å². The quantitative estimate of drug-likeness (QED) is 0.758. The highest BCUT2D eigenvalue weighted by Crippen LogP contribution is 2.40. The van der Waals surface area contributed by atoms with Crippen LogP contribution in [0.5, 0.6) is 0 Å². The van der Waals surface area contributed by atoms with E-state index in [9.17, 15) is 4.21 Å². The van der Waals surface area contributed by atoms with Crippen LogP contribution in [-0.4, -0.2) is 33.5 Å². The molecule has 3 nitrogen and oxygen atoms in total. The van der Waals surface area contributed by atoms with Gasteiger partial charge in [0.25, 0.3) is 0 Å². The maximum atomic E-state index is 12.6. The molecule has 130 valence electrons. The van der Waals surface area contributed by atoms with E-state index in [-0.39, 0.29) is 15.7 Å². The van der Waals surface area contributed by atoms with Crippen LogP contribution in [-0.2, 0) is 27.4 Å². The van der Waals surface area contributed by atoms with Crippen molar-refractivity contribution in [2.24, 2.45) is 0 Å². The van der Waals surface area contributed by atoms with E-state index in [4.69, 9.17) is 11.3 Å². The molecule has 1 atom stereocenters. The van der Waals surface area contributed by atoms with Crippen molar-refractivity contribution in [1.82, 2.24) is 0 Å². The van der Waals surface area contributed by atoms with Crippen molar-refractivity contribution in [3.63, 3.8) is 0 Å². The van der Waals surface area contributed by atoms with Crippen LogP contribution in [0.4, 0.5) is 0 Å². The van der Waals surface area contributed by atoms with Crippen LogP contribution in [0, 0.1) is 6.57 Å². The summed E-state index contributed by atoms with van der Waals surface area (Å²) < 4.78 is 17.9. The Hall–Kier alpha value is -1.18. The summed E-state index contributed by atoms with van der Waals surface area (Å²) in [5.41, 5.74) is 2.21. The first-order chi connectivity index (χ1) is 11.3. The maximum Gasteiger partial charge on any atom is 0.236 e. The van der Waals surface area contributed by atoms with Crippen molar-refractivity contribution < 1.29 is 8.95 Å². The van der Waals surface area contributed by atoms with Crippen LogP contribution in [0.1, 0.15) is 51.2 Å². The summed E-state index contributed by atoms with van der Waals surface area (Å²) >= 11 is 0. The SMILES string of the molecule is [C-]#[N+]C1(Cc2ccc(C3(CS(=O)C(C)(C)C)COC3)cc2)CCC1. The number of hydrogen-bond acceptors (Lipinski definition) is 2. The molecule has 2 fully saturated rings. The highest BCUT2D eigenvalue weighted by atomic mass is 32.2. The van der Waals surface area contributed by atoms with Gasteiger partial charge in [0.15, 0.2) is 0 Å². The van der Waals surface area contributed by atoms with Gasteiger partial charge in [0.05, 0.1) is 25.0 Å². The van der Waals surface area contributed by atoms with Gasteiger partial charge < -0.3 is 9.58 Å². The van der Waals surface area contributed by atoms with Crippen molar-refractivity contribution in [3.05, 3.63) is 46.8 Å². The summed E-state index contributed by atoms with van der Waals surface area (Å²) in [4.78, 5) is 3.88. The minimum absolute atomic E-state index is 0.107. The van der Waals surface area contributed by atoms with Crippen molar-refractivity contribution in [2.45, 2.75) is 62.2 Å². The first-order valence-electron chi connectivity index (χ1n) is 8.73. The Balaban J connectivity index is 1.74. The van der Waals surface area contributed by atoms with Gasteiger partial charge in [-0.25, -0.2) is 6.57 Å². The smallest absolute Gasteiger partial charge is 0.236 e. The topological polar surface area (TPSA) is 30.7 Å². The van der Waals surface area contributed by atoms with Crippen LogP contribution in [0.2, 0.25) is 0 Å². The van der Waals surface area contributed by atoms with Crippen molar-refractivity contribution >= 4 is 10.8 Å². The lowest BCUT2D eigenvalue weighted by Crippen LogP contribution is -2.52. The number of ether oxygens (including phenoxy) is 1. The Morgan fingerprint density at radius 3 is 2.21 bits per heavy atom. The molecule has 3 rings (SSSR count). The van der Waals surface area contributed by atoms with E-state index < -0.39 is 10.8 Å². The lowest BCUT2D eigenvalue weighted by atomic mass is 9.73. The third-order valence-corrected chi connectivity index (χ3v) is 7.65. The Labute approximate surface area is 148 Å². The monoisotopic (exact) mass is 345 g/mol. The molecule has 4 heteroatoms. The molecule has 1 aliphatic heterocycles. The zero-order valence-corrected chi connectivity index (χ0v) is 15.7. The summed E-state index contributed by atoms with van der Waals surface area (Å²) in [5, 5.41) is 0.